The second-order valence-corrected chi connectivity index (χ2v) is 7.15. The highest BCUT2D eigenvalue weighted by Gasteiger charge is 2.31. The van der Waals surface area contributed by atoms with Gasteiger partial charge in [-0.05, 0) is 68.1 Å². The van der Waals surface area contributed by atoms with Crippen LogP contribution in [0, 0.1) is 5.92 Å². The van der Waals surface area contributed by atoms with Crippen LogP contribution in [0.2, 0.25) is 0 Å². The first-order chi connectivity index (χ1) is 11.3. The summed E-state index contributed by atoms with van der Waals surface area (Å²) in [5.41, 5.74) is 3.06. The van der Waals surface area contributed by atoms with E-state index in [-0.39, 0.29) is 29.8 Å². The molecule has 24 heavy (non-hydrogen) atoms. The molecule has 0 unspecified atom stereocenters. The Labute approximate surface area is 143 Å². The van der Waals surface area contributed by atoms with E-state index in [9.17, 15) is 15.0 Å². The lowest BCUT2D eigenvalue weighted by Crippen LogP contribution is -2.19. The van der Waals surface area contributed by atoms with Crippen molar-refractivity contribution in [3.8, 4) is 5.75 Å². The highest BCUT2D eigenvalue weighted by molar-refractivity contribution is 5.88. The Bertz CT molecular complexity index is 633. The molecule has 0 radical (unpaired) electrons. The molecule has 0 aromatic heterocycles. The minimum absolute atomic E-state index is 0.0913. The van der Waals surface area contributed by atoms with Crippen LogP contribution in [-0.4, -0.2) is 27.9 Å². The van der Waals surface area contributed by atoms with Crippen molar-refractivity contribution in [1.29, 1.82) is 0 Å². The number of benzene rings is 1. The molecule has 2 rings (SSSR count). The average Bonchev–Trinajstić information content (AvgIpc) is 2.54. The van der Waals surface area contributed by atoms with Gasteiger partial charge in [-0.15, -0.1) is 0 Å². The van der Waals surface area contributed by atoms with E-state index in [1.807, 2.05) is 6.92 Å². The largest absolute Gasteiger partial charge is 0.508 e. The van der Waals surface area contributed by atoms with Crippen LogP contribution in [0.3, 0.4) is 0 Å². The molecule has 0 aliphatic heterocycles. The molecule has 0 heterocycles. The molecule has 0 saturated heterocycles. The smallest absolute Gasteiger partial charge is 0.335 e. The monoisotopic (exact) mass is 332 g/mol. The van der Waals surface area contributed by atoms with Crippen molar-refractivity contribution < 1.29 is 20.1 Å². The number of allylic oxidation sites excluding steroid dienone is 1. The number of carboxylic acid groups (broad SMARTS) is 1. The molecule has 3 atom stereocenters. The number of rotatable bonds is 6. The van der Waals surface area contributed by atoms with E-state index in [2.05, 4.69) is 19.9 Å². The van der Waals surface area contributed by atoms with Gasteiger partial charge in [0, 0.05) is 5.56 Å². The summed E-state index contributed by atoms with van der Waals surface area (Å²) in [4.78, 5) is 11.3. The SMILES string of the molecule is C/C(=C\CC[C@H](C)[C@@H]1CC[C@@H](C)c2c(O)cc(C(=O)O)cc21)CO. The normalized spacial score (nSPS) is 22.1. The Balaban J connectivity index is 2.28. The van der Waals surface area contributed by atoms with Crippen LogP contribution in [0.25, 0.3) is 0 Å². The standard InChI is InChI=1S/C20H28O4/c1-12(11-21)5-4-6-13(2)16-8-7-14(3)19-17(16)9-15(20(23)24)10-18(19)22/h5,9-10,13-14,16,21-22H,4,6-8,11H2,1-3H3,(H,23,24)/b12-5+/t13-,14+,16-/m0/s1. The number of hydrogen-bond donors (Lipinski definition) is 3. The van der Waals surface area contributed by atoms with Crippen molar-refractivity contribution in [3.63, 3.8) is 0 Å². The van der Waals surface area contributed by atoms with Gasteiger partial charge in [0.25, 0.3) is 0 Å². The summed E-state index contributed by atoms with van der Waals surface area (Å²) in [6, 6.07) is 3.13. The highest BCUT2D eigenvalue weighted by Crippen LogP contribution is 2.47. The molecule has 1 aromatic carbocycles. The Kier molecular flexibility index (Phi) is 6.05. The molecule has 0 amide bonds. The van der Waals surface area contributed by atoms with Crippen LogP contribution in [-0.2, 0) is 0 Å². The van der Waals surface area contributed by atoms with Crippen molar-refractivity contribution in [1.82, 2.24) is 0 Å². The molecular weight excluding hydrogens is 304 g/mol. The summed E-state index contributed by atoms with van der Waals surface area (Å²) in [5, 5.41) is 28.7. The molecule has 1 aliphatic rings. The number of aromatic hydroxyl groups is 1. The Morgan fingerprint density at radius 3 is 2.71 bits per heavy atom. The molecule has 132 valence electrons. The first-order valence-corrected chi connectivity index (χ1v) is 8.71. The van der Waals surface area contributed by atoms with E-state index in [1.54, 1.807) is 6.07 Å². The van der Waals surface area contributed by atoms with E-state index in [0.29, 0.717) is 5.92 Å². The molecule has 1 aromatic rings. The van der Waals surface area contributed by atoms with Gasteiger partial charge in [-0.2, -0.15) is 0 Å². The van der Waals surface area contributed by atoms with E-state index in [0.717, 1.165) is 42.4 Å². The van der Waals surface area contributed by atoms with Crippen LogP contribution in [0.15, 0.2) is 23.8 Å². The van der Waals surface area contributed by atoms with Crippen molar-refractivity contribution in [3.05, 3.63) is 40.5 Å². The van der Waals surface area contributed by atoms with E-state index in [4.69, 9.17) is 5.11 Å². The van der Waals surface area contributed by atoms with Crippen LogP contribution >= 0.6 is 0 Å². The Morgan fingerprint density at radius 1 is 1.38 bits per heavy atom. The first kappa shape index (κ1) is 18.5. The number of carboxylic acids is 1. The maximum Gasteiger partial charge on any atom is 0.335 e. The lowest BCUT2D eigenvalue weighted by Gasteiger charge is -2.34. The zero-order valence-electron chi connectivity index (χ0n) is 14.7. The maximum absolute atomic E-state index is 11.3. The van der Waals surface area contributed by atoms with Crippen molar-refractivity contribution in [2.75, 3.05) is 6.61 Å². The number of phenols is 1. The van der Waals surface area contributed by atoms with E-state index >= 15 is 0 Å². The molecule has 3 N–H and O–H groups in total. The van der Waals surface area contributed by atoms with Crippen LogP contribution in [0.1, 0.15) is 79.8 Å². The van der Waals surface area contributed by atoms with Crippen LogP contribution in [0.5, 0.6) is 5.75 Å². The second-order valence-electron chi connectivity index (χ2n) is 7.15. The fraction of sp³-hybridized carbons (Fsp3) is 0.550. The van der Waals surface area contributed by atoms with Crippen LogP contribution in [0.4, 0.5) is 0 Å². The second kappa shape index (κ2) is 7.84. The summed E-state index contributed by atoms with van der Waals surface area (Å²) in [6.07, 6.45) is 5.97. The summed E-state index contributed by atoms with van der Waals surface area (Å²) >= 11 is 0. The minimum atomic E-state index is -1.00. The zero-order chi connectivity index (χ0) is 17.9. The molecule has 0 bridgehead atoms. The zero-order valence-corrected chi connectivity index (χ0v) is 14.7. The third-order valence-electron chi connectivity index (χ3n) is 5.29. The lowest BCUT2D eigenvalue weighted by molar-refractivity contribution is 0.0696. The number of carbonyl (C=O) groups is 1. The van der Waals surface area contributed by atoms with E-state index in [1.165, 1.54) is 6.07 Å². The number of hydrogen-bond acceptors (Lipinski definition) is 3. The summed E-state index contributed by atoms with van der Waals surface area (Å²) in [6.45, 7) is 6.29. The van der Waals surface area contributed by atoms with Gasteiger partial charge in [-0.25, -0.2) is 4.79 Å². The topological polar surface area (TPSA) is 77.8 Å². The van der Waals surface area contributed by atoms with Gasteiger partial charge in [0.1, 0.15) is 5.75 Å². The fourth-order valence-electron chi connectivity index (χ4n) is 3.81. The predicted molar refractivity (Wildman–Crippen MR) is 94.7 cm³/mol. The average molecular weight is 332 g/mol. The molecule has 4 heteroatoms. The van der Waals surface area contributed by atoms with Gasteiger partial charge in [0.05, 0.1) is 12.2 Å². The molecule has 1 aliphatic carbocycles. The van der Waals surface area contributed by atoms with Gasteiger partial charge >= 0.3 is 5.97 Å². The predicted octanol–water partition coefficient (Wildman–Crippen LogP) is 4.43. The third-order valence-corrected chi connectivity index (χ3v) is 5.29. The molecule has 4 nitrogen and oxygen atoms in total. The number of aliphatic hydroxyl groups excluding tert-OH is 1. The van der Waals surface area contributed by atoms with E-state index < -0.39 is 5.97 Å². The quantitative estimate of drug-likeness (QED) is 0.674. The summed E-state index contributed by atoms with van der Waals surface area (Å²) in [7, 11) is 0. The van der Waals surface area contributed by atoms with Gasteiger partial charge in [-0.1, -0.05) is 25.5 Å². The summed E-state index contributed by atoms with van der Waals surface area (Å²) in [5.74, 6) is 0.0269. The lowest BCUT2D eigenvalue weighted by atomic mass is 9.71. The minimum Gasteiger partial charge on any atom is -0.508 e. The number of fused-ring (bicyclic) bond motifs is 1. The fourth-order valence-corrected chi connectivity index (χ4v) is 3.81. The molecule has 0 spiro atoms. The molecule has 0 saturated carbocycles. The van der Waals surface area contributed by atoms with Gasteiger partial charge in [-0.3, -0.25) is 0 Å². The van der Waals surface area contributed by atoms with Crippen molar-refractivity contribution >= 4 is 5.97 Å². The Hall–Kier alpha value is -1.81. The van der Waals surface area contributed by atoms with Gasteiger partial charge in [0.2, 0.25) is 0 Å². The van der Waals surface area contributed by atoms with Gasteiger partial charge < -0.3 is 15.3 Å². The number of aromatic carboxylic acids is 1. The molecule has 0 fully saturated rings. The number of aliphatic hydroxyl groups is 1. The van der Waals surface area contributed by atoms with Gasteiger partial charge in [0.15, 0.2) is 0 Å². The first-order valence-electron chi connectivity index (χ1n) is 8.71. The molecular formula is C20H28O4. The maximum atomic E-state index is 11.3. The van der Waals surface area contributed by atoms with Crippen molar-refractivity contribution in [2.45, 2.75) is 58.3 Å². The third kappa shape index (κ3) is 3.99. The van der Waals surface area contributed by atoms with Crippen molar-refractivity contribution in [2.24, 2.45) is 5.92 Å². The number of phenolic OH excluding ortho intramolecular Hbond substituents is 1. The Morgan fingerprint density at radius 2 is 2.08 bits per heavy atom. The van der Waals surface area contributed by atoms with Crippen LogP contribution < -0.4 is 0 Å². The highest BCUT2D eigenvalue weighted by atomic mass is 16.4. The summed E-state index contributed by atoms with van der Waals surface area (Å²) < 4.78 is 0.